The number of aliphatic hydroxyl groups excluding tert-OH is 2. The molecule has 4 aromatic carbocycles. The van der Waals surface area contributed by atoms with Crippen LogP contribution in [-0.4, -0.2) is 54.7 Å². The van der Waals surface area contributed by atoms with Gasteiger partial charge in [-0.05, 0) is 22.3 Å². The zero-order valence-electron chi connectivity index (χ0n) is 24.4. The second kappa shape index (κ2) is 12.6. The molecule has 3 heterocycles. The summed E-state index contributed by atoms with van der Waals surface area (Å²) in [5.41, 5.74) is 3.91. The number of nitrogens with one attached hydrogen (secondary N) is 1. The van der Waals surface area contributed by atoms with Crippen LogP contribution in [-0.2, 0) is 21.6 Å². The van der Waals surface area contributed by atoms with Crippen molar-refractivity contribution in [2.24, 2.45) is 0 Å². The van der Waals surface area contributed by atoms with Crippen LogP contribution in [0.2, 0.25) is 0 Å². The largest absolute Gasteiger partial charge is 0.387 e. The number of imidazole rings is 1. The molecule has 3 N–H and O–H groups in total. The molecular formula is C36H33N5O4. The first-order chi connectivity index (χ1) is 22.1. The van der Waals surface area contributed by atoms with Gasteiger partial charge in [0.25, 0.3) is 0 Å². The number of hydrogen-bond acceptors (Lipinski definition) is 8. The molecule has 0 bridgehead atoms. The van der Waals surface area contributed by atoms with E-state index in [9.17, 15) is 10.2 Å². The second-order valence-corrected chi connectivity index (χ2v) is 11.0. The van der Waals surface area contributed by atoms with Crippen molar-refractivity contribution in [2.45, 2.75) is 36.7 Å². The second-order valence-electron chi connectivity index (χ2n) is 11.0. The Kier molecular flexibility index (Phi) is 8.06. The zero-order chi connectivity index (χ0) is 30.6. The summed E-state index contributed by atoms with van der Waals surface area (Å²) in [5.74, 6) is 0.564. The van der Waals surface area contributed by atoms with Crippen molar-refractivity contribution in [3.8, 4) is 0 Å². The third-order valence-electron chi connectivity index (χ3n) is 8.28. The predicted octanol–water partition coefficient (Wildman–Crippen LogP) is 5.07. The summed E-state index contributed by atoms with van der Waals surface area (Å²) >= 11 is 0. The van der Waals surface area contributed by atoms with E-state index in [0.29, 0.717) is 23.5 Å². The number of aliphatic hydroxyl groups is 2. The van der Waals surface area contributed by atoms with Crippen molar-refractivity contribution in [2.75, 3.05) is 11.9 Å². The fourth-order valence-corrected chi connectivity index (χ4v) is 6.02. The Bertz CT molecular complexity index is 1740. The van der Waals surface area contributed by atoms with Gasteiger partial charge in [0.1, 0.15) is 30.2 Å². The van der Waals surface area contributed by atoms with Gasteiger partial charge < -0.3 is 25.0 Å². The van der Waals surface area contributed by atoms with Crippen molar-refractivity contribution in [3.05, 3.63) is 156 Å². The first kappa shape index (κ1) is 28.8. The van der Waals surface area contributed by atoms with Gasteiger partial charge in [0.2, 0.25) is 0 Å². The van der Waals surface area contributed by atoms with Gasteiger partial charge in [-0.3, -0.25) is 4.57 Å². The van der Waals surface area contributed by atoms with Gasteiger partial charge in [-0.1, -0.05) is 121 Å². The van der Waals surface area contributed by atoms with E-state index in [0.717, 1.165) is 22.3 Å². The molecule has 4 atom stereocenters. The Balaban J connectivity index is 1.17. The highest BCUT2D eigenvalue weighted by Gasteiger charge is 2.46. The number of fused-ring (bicyclic) bond motifs is 1. The lowest BCUT2D eigenvalue weighted by atomic mass is 9.80. The van der Waals surface area contributed by atoms with Crippen molar-refractivity contribution in [1.82, 2.24) is 19.5 Å². The van der Waals surface area contributed by atoms with Crippen LogP contribution in [0, 0.1) is 0 Å². The van der Waals surface area contributed by atoms with Crippen molar-refractivity contribution >= 4 is 17.0 Å². The maximum absolute atomic E-state index is 11.2. The summed E-state index contributed by atoms with van der Waals surface area (Å²) in [5, 5.41) is 25.8. The number of ether oxygens (including phenoxy) is 2. The Hall–Kier alpha value is -4.93. The van der Waals surface area contributed by atoms with Crippen molar-refractivity contribution in [1.29, 1.82) is 0 Å². The highest BCUT2D eigenvalue weighted by molar-refractivity contribution is 5.82. The lowest BCUT2D eigenvalue weighted by Crippen LogP contribution is -2.39. The number of anilines is 1. The summed E-state index contributed by atoms with van der Waals surface area (Å²) < 4.78 is 14.8. The summed E-state index contributed by atoms with van der Waals surface area (Å²) in [7, 11) is 0. The van der Waals surface area contributed by atoms with Gasteiger partial charge in [0, 0.05) is 6.54 Å². The molecule has 1 aliphatic heterocycles. The highest BCUT2D eigenvalue weighted by Crippen LogP contribution is 2.42. The monoisotopic (exact) mass is 599 g/mol. The van der Waals surface area contributed by atoms with E-state index in [1.807, 2.05) is 121 Å². The minimum atomic E-state index is -1.24. The Labute approximate surface area is 260 Å². The summed E-state index contributed by atoms with van der Waals surface area (Å²) in [6.45, 7) is 0.561. The molecule has 2 aromatic heterocycles. The molecule has 0 unspecified atom stereocenters. The minimum absolute atomic E-state index is 0.00109. The van der Waals surface area contributed by atoms with Gasteiger partial charge in [0.05, 0.1) is 12.9 Å². The van der Waals surface area contributed by atoms with E-state index in [-0.39, 0.29) is 6.61 Å². The molecule has 45 heavy (non-hydrogen) atoms. The van der Waals surface area contributed by atoms with Crippen LogP contribution < -0.4 is 5.32 Å². The molecule has 0 radical (unpaired) electrons. The topological polar surface area (TPSA) is 115 Å². The molecular weight excluding hydrogens is 566 g/mol. The van der Waals surface area contributed by atoms with Crippen LogP contribution in [0.1, 0.15) is 28.5 Å². The molecule has 9 nitrogen and oxygen atoms in total. The number of hydrogen-bond donors (Lipinski definition) is 3. The van der Waals surface area contributed by atoms with Gasteiger partial charge in [0.15, 0.2) is 23.2 Å². The number of rotatable bonds is 10. The number of nitrogens with zero attached hydrogens (tertiary/aromatic N) is 4. The average Bonchev–Trinajstić information content (AvgIpc) is 3.66. The molecule has 1 aliphatic rings. The minimum Gasteiger partial charge on any atom is -0.387 e. The van der Waals surface area contributed by atoms with Crippen LogP contribution in [0.15, 0.2) is 134 Å². The number of benzene rings is 4. The lowest BCUT2D eigenvalue weighted by Gasteiger charge is -2.37. The van der Waals surface area contributed by atoms with Crippen molar-refractivity contribution in [3.63, 3.8) is 0 Å². The highest BCUT2D eigenvalue weighted by atomic mass is 16.6. The average molecular weight is 600 g/mol. The molecule has 226 valence electrons. The van der Waals surface area contributed by atoms with Crippen molar-refractivity contribution < 1.29 is 19.7 Å². The maximum Gasteiger partial charge on any atom is 0.167 e. The van der Waals surface area contributed by atoms with Crippen LogP contribution in [0.5, 0.6) is 0 Å². The SMILES string of the molecule is O[C@@H]1[C@H](O)[C@@H](COC(c2ccccc2)(c2ccccc2)c2ccccc2)O[C@H]1n1cnc2c(NCc3ccccc3)ncnc21. The fraction of sp³-hybridized carbons (Fsp3) is 0.194. The third kappa shape index (κ3) is 5.47. The van der Waals surface area contributed by atoms with Gasteiger partial charge in [-0.2, -0.15) is 0 Å². The summed E-state index contributed by atoms with van der Waals surface area (Å²) in [6, 6.07) is 40.0. The van der Waals surface area contributed by atoms with E-state index < -0.39 is 30.1 Å². The smallest absolute Gasteiger partial charge is 0.167 e. The van der Waals surface area contributed by atoms with E-state index >= 15 is 0 Å². The first-order valence-corrected chi connectivity index (χ1v) is 14.9. The molecule has 7 rings (SSSR count). The van der Waals surface area contributed by atoms with Crippen LogP contribution in [0.3, 0.4) is 0 Å². The Morgan fingerprint density at radius 3 is 1.84 bits per heavy atom. The molecule has 9 heteroatoms. The lowest BCUT2D eigenvalue weighted by molar-refractivity contribution is -0.0942. The van der Waals surface area contributed by atoms with Gasteiger partial charge in [-0.25, -0.2) is 15.0 Å². The van der Waals surface area contributed by atoms with E-state index in [1.165, 1.54) is 6.33 Å². The molecule has 6 aromatic rings. The zero-order valence-corrected chi connectivity index (χ0v) is 24.4. The van der Waals surface area contributed by atoms with E-state index in [4.69, 9.17) is 9.47 Å². The Morgan fingerprint density at radius 1 is 0.711 bits per heavy atom. The molecule has 0 amide bonds. The standard InChI is InChI=1S/C36H33N5O4/c42-31-29(22-44-36(26-15-7-2-8-16-26,27-17-9-3-10-18-27)28-19-11-4-12-20-28)45-35(32(31)43)41-24-40-30-33(38-23-39-34(30)41)37-21-25-13-5-1-6-14-25/h1-20,23-24,29,31-32,35,42-43H,21-22H2,(H,37,38,39)/t29-,31-,32-,35-/m1/s1. The first-order valence-electron chi connectivity index (χ1n) is 14.9. The molecule has 0 spiro atoms. The maximum atomic E-state index is 11.2. The fourth-order valence-electron chi connectivity index (χ4n) is 6.02. The van der Waals surface area contributed by atoms with Gasteiger partial charge >= 0.3 is 0 Å². The quantitative estimate of drug-likeness (QED) is 0.187. The van der Waals surface area contributed by atoms with E-state index in [2.05, 4.69) is 20.3 Å². The summed E-state index contributed by atoms with van der Waals surface area (Å²) in [6.07, 6.45) is -1.24. The summed E-state index contributed by atoms with van der Waals surface area (Å²) in [4.78, 5) is 13.4. The van der Waals surface area contributed by atoms with Crippen LogP contribution >= 0.6 is 0 Å². The molecule has 0 aliphatic carbocycles. The van der Waals surface area contributed by atoms with E-state index in [1.54, 1.807) is 10.9 Å². The van der Waals surface area contributed by atoms with Crippen LogP contribution in [0.4, 0.5) is 5.82 Å². The Morgan fingerprint density at radius 2 is 1.27 bits per heavy atom. The molecule has 1 fully saturated rings. The normalized spacial score (nSPS) is 20.0. The number of aromatic nitrogens is 4. The van der Waals surface area contributed by atoms with Gasteiger partial charge in [-0.15, -0.1) is 0 Å². The van der Waals surface area contributed by atoms with Crippen LogP contribution in [0.25, 0.3) is 11.2 Å². The molecule has 0 saturated carbocycles. The predicted molar refractivity (Wildman–Crippen MR) is 170 cm³/mol. The third-order valence-corrected chi connectivity index (χ3v) is 8.28. The molecule has 1 saturated heterocycles.